The van der Waals surface area contributed by atoms with Crippen molar-refractivity contribution in [3.05, 3.63) is 71.4 Å². The summed E-state index contributed by atoms with van der Waals surface area (Å²) in [6.07, 6.45) is 1.20. The molecule has 2 amide bonds. The topological polar surface area (TPSA) is 94.0 Å². The Balaban J connectivity index is 1.45. The number of rotatable bonds is 6. The van der Waals surface area contributed by atoms with Crippen molar-refractivity contribution in [2.75, 3.05) is 39.4 Å². The van der Waals surface area contributed by atoms with E-state index < -0.39 is 18.7 Å². The summed E-state index contributed by atoms with van der Waals surface area (Å²) in [5, 5.41) is 5.15. The summed E-state index contributed by atoms with van der Waals surface area (Å²) in [7, 11) is 0. The molecular weight excluding hydrogens is 472 g/mol. The van der Waals surface area contributed by atoms with Crippen molar-refractivity contribution >= 4 is 29.6 Å². The SMILES string of the molecule is CCOC(=O)N1CCN(C(=O)COC(=O)c2cn(-c3ccccc3)nc2-c2ccc(Cl)cc2)CC1. The Bertz CT molecular complexity index is 1190. The van der Waals surface area contributed by atoms with Crippen LogP contribution in [0, 0.1) is 0 Å². The van der Waals surface area contributed by atoms with Gasteiger partial charge >= 0.3 is 12.1 Å². The third-order valence-electron chi connectivity index (χ3n) is 5.56. The van der Waals surface area contributed by atoms with Gasteiger partial charge in [-0.2, -0.15) is 5.10 Å². The van der Waals surface area contributed by atoms with E-state index in [0.717, 1.165) is 5.69 Å². The van der Waals surface area contributed by atoms with Crippen molar-refractivity contribution in [2.45, 2.75) is 6.92 Å². The number of halogens is 1. The smallest absolute Gasteiger partial charge is 0.409 e. The molecule has 9 nitrogen and oxygen atoms in total. The summed E-state index contributed by atoms with van der Waals surface area (Å²) in [6.45, 7) is 3.05. The summed E-state index contributed by atoms with van der Waals surface area (Å²) in [5.41, 5.74) is 2.12. The van der Waals surface area contributed by atoms with Crippen LogP contribution in [0.25, 0.3) is 16.9 Å². The van der Waals surface area contributed by atoms with E-state index >= 15 is 0 Å². The number of aromatic nitrogens is 2. The third-order valence-corrected chi connectivity index (χ3v) is 5.81. The molecule has 182 valence electrons. The molecular formula is C25H25ClN4O5. The number of esters is 1. The normalized spacial score (nSPS) is 13.4. The van der Waals surface area contributed by atoms with Crippen LogP contribution in [0.1, 0.15) is 17.3 Å². The molecule has 1 aliphatic heterocycles. The molecule has 2 aromatic carbocycles. The van der Waals surface area contributed by atoms with Gasteiger partial charge in [0.25, 0.3) is 5.91 Å². The summed E-state index contributed by atoms with van der Waals surface area (Å²) >= 11 is 6.01. The van der Waals surface area contributed by atoms with Crippen LogP contribution in [0.3, 0.4) is 0 Å². The first-order chi connectivity index (χ1) is 17.0. The number of para-hydroxylation sites is 1. The van der Waals surface area contributed by atoms with Gasteiger partial charge in [-0.1, -0.05) is 41.9 Å². The highest BCUT2D eigenvalue weighted by molar-refractivity contribution is 6.30. The van der Waals surface area contributed by atoms with Crippen LogP contribution in [0.2, 0.25) is 5.02 Å². The van der Waals surface area contributed by atoms with Crippen LogP contribution in [0.15, 0.2) is 60.8 Å². The van der Waals surface area contributed by atoms with E-state index in [4.69, 9.17) is 21.1 Å². The number of piperazine rings is 1. The standard InChI is InChI=1S/C25H25ClN4O5/c1-2-34-25(33)29-14-12-28(13-15-29)22(31)17-35-24(32)21-16-30(20-6-4-3-5-7-20)27-23(21)18-8-10-19(26)11-9-18/h3-11,16H,2,12-15,17H2,1H3. The van der Waals surface area contributed by atoms with Crippen LogP contribution in [0.5, 0.6) is 0 Å². The fraction of sp³-hybridized carbons (Fsp3) is 0.280. The van der Waals surface area contributed by atoms with E-state index in [1.54, 1.807) is 51.9 Å². The highest BCUT2D eigenvalue weighted by Crippen LogP contribution is 2.26. The Kier molecular flexibility index (Phi) is 7.67. The van der Waals surface area contributed by atoms with E-state index in [2.05, 4.69) is 5.10 Å². The van der Waals surface area contributed by atoms with E-state index in [1.165, 1.54) is 0 Å². The number of amides is 2. The molecule has 1 aromatic heterocycles. The fourth-order valence-corrected chi connectivity index (χ4v) is 3.83. The van der Waals surface area contributed by atoms with E-state index in [0.29, 0.717) is 49.1 Å². The largest absolute Gasteiger partial charge is 0.452 e. The molecule has 4 rings (SSSR count). The highest BCUT2D eigenvalue weighted by Gasteiger charge is 2.26. The number of benzene rings is 2. The maximum Gasteiger partial charge on any atom is 0.409 e. The lowest BCUT2D eigenvalue weighted by molar-refractivity contribution is -0.136. The molecule has 0 unspecified atom stereocenters. The molecule has 1 saturated heterocycles. The Morgan fingerprint density at radius 1 is 0.914 bits per heavy atom. The zero-order valence-electron chi connectivity index (χ0n) is 19.2. The number of hydrogen-bond acceptors (Lipinski definition) is 6. The highest BCUT2D eigenvalue weighted by atomic mass is 35.5. The first-order valence-corrected chi connectivity index (χ1v) is 11.6. The second-order valence-corrected chi connectivity index (χ2v) is 8.26. The predicted molar refractivity (Wildman–Crippen MR) is 129 cm³/mol. The molecule has 0 spiro atoms. The quantitative estimate of drug-likeness (QED) is 0.483. The molecule has 0 saturated carbocycles. The maximum absolute atomic E-state index is 13.0. The van der Waals surface area contributed by atoms with Crippen molar-refractivity contribution in [3.8, 4) is 16.9 Å². The van der Waals surface area contributed by atoms with Gasteiger partial charge in [-0.15, -0.1) is 0 Å². The first-order valence-electron chi connectivity index (χ1n) is 11.2. The lowest BCUT2D eigenvalue weighted by atomic mass is 10.1. The minimum absolute atomic E-state index is 0.233. The van der Waals surface area contributed by atoms with E-state index in [1.807, 2.05) is 30.3 Å². The lowest BCUT2D eigenvalue weighted by Gasteiger charge is -2.33. The van der Waals surface area contributed by atoms with Crippen LogP contribution < -0.4 is 0 Å². The average molecular weight is 497 g/mol. The Morgan fingerprint density at radius 3 is 2.23 bits per heavy atom. The summed E-state index contributed by atoms with van der Waals surface area (Å²) in [5.74, 6) is -0.985. The zero-order valence-corrected chi connectivity index (χ0v) is 20.0. The van der Waals surface area contributed by atoms with Crippen molar-refractivity contribution in [1.29, 1.82) is 0 Å². The van der Waals surface area contributed by atoms with Crippen LogP contribution in [-0.4, -0.2) is 76.9 Å². The number of carbonyl (C=O) groups is 3. The fourth-order valence-electron chi connectivity index (χ4n) is 3.71. The molecule has 0 atom stereocenters. The number of nitrogens with zero attached hydrogens (tertiary/aromatic N) is 4. The molecule has 0 radical (unpaired) electrons. The Hall–Kier alpha value is -3.85. The van der Waals surface area contributed by atoms with Gasteiger partial charge in [-0.25, -0.2) is 14.3 Å². The molecule has 1 aliphatic rings. The van der Waals surface area contributed by atoms with Crippen molar-refractivity contribution in [1.82, 2.24) is 19.6 Å². The predicted octanol–water partition coefficient (Wildman–Crippen LogP) is 3.65. The second-order valence-electron chi connectivity index (χ2n) is 7.82. The molecule has 3 aromatic rings. The minimum atomic E-state index is -0.657. The molecule has 0 N–H and O–H groups in total. The van der Waals surface area contributed by atoms with Gasteiger partial charge in [0.1, 0.15) is 11.3 Å². The summed E-state index contributed by atoms with van der Waals surface area (Å²) < 4.78 is 12.0. The van der Waals surface area contributed by atoms with Crippen molar-refractivity contribution < 1.29 is 23.9 Å². The van der Waals surface area contributed by atoms with Gasteiger partial charge in [0.05, 0.1) is 12.3 Å². The molecule has 1 fully saturated rings. The van der Waals surface area contributed by atoms with Gasteiger partial charge in [0.15, 0.2) is 6.61 Å². The summed E-state index contributed by atoms with van der Waals surface area (Å²) in [6, 6.07) is 16.3. The summed E-state index contributed by atoms with van der Waals surface area (Å²) in [4.78, 5) is 40.6. The van der Waals surface area contributed by atoms with E-state index in [-0.39, 0.29) is 11.5 Å². The maximum atomic E-state index is 13.0. The zero-order chi connectivity index (χ0) is 24.8. The van der Waals surface area contributed by atoms with Crippen molar-refractivity contribution in [3.63, 3.8) is 0 Å². The second kappa shape index (κ2) is 11.1. The number of ether oxygens (including phenoxy) is 2. The van der Waals surface area contributed by atoms with Crippen LogP contribution >= 0.6 is 11.6 Å². The van der Waals surface area contributed by atoms with Crippen LogP contribution in [0.4, 0.5) is 4.79 Å². The lowest BCUT2D eigenvalue weighted by Crippen LogP contribution is -2.51. The van der Waals surface area contributed by atoms with Gasteiger partial charge in [-0.05, 0) is 31.2 Å². The Morgan fingerprint density at radius 2 is 1.57 bits per heavy atom. The van der Waals surface area contributed by atoms with Gasteiger partial charge in [0.2, 0.25) is 0 Å². The van der Waals surface area contributed by atoms with Gasteiger partial charge < -0.3 is 19.3 Å². The third kappa shape index (κ3) is 5.81. The number of carbonyl (C=O) groups excluding carboxylic acids is 3. The molecule has 2 heterocycles. The average Bonchev–Trinajstić information content (AvgIpc) is 3.34. The minimum Gasteiger partial charge on any atom is -0.452 e. The van der Waals surface area contributed by atoms with Crippen LogP contribution in [-0.2, 0) is 14.3 Å². The molecule has 10 heteroatoms. The first kappa shape index (κ1) is 24.3. The number of hydrogen-bond donors (Lipinski definition) is 0. The van der Waals surface area contributed by atoms with Crippen molar-refractivity contribution in [2.24, 2.45) is 0 Å². The van der Waals surface area contributed by atoms with Gasteiger partial charge in [-0.3, -0.25) is 4.79 Å². The molecule has 0 aliphatic carbocycles. The molecule has 0 bridgehead atoms. The van der Waals surface area contributed by atoms with E-state index in [9.17, 15) is 14.4 Å². The Labute approximate surface area is 207 Å². The monoisotopic (exact) mass is 496 g/mol. The molecule has 35 heavy (non-hydrogen) atoms. The van der Waals surface area contributed by atoms with Gasteiger partial charge in [0, 0.05) is 43.0 Å².